The zero-order valence-corrected chi connectivity index (χ0v) is 7.34. The second kappa shape index (κ2) is 4.26. The van der Waals surface area contributed by atoms with Gasteiger partial charge >= 0.3 is 24.4 Å². The average molecular weight is 280 g/mol. The largest absolute Gasteiger partial charge is 0.473 e. The summed E-state index contributed by atoms with van der Waals surface area (Å²) in [6.45, 7) is 0. The van der Waals surface area contributed by atoms with Gasteiger partial charge in [0.15, 0.2) is 0 Å². The van der Waals surface area contributed by atoms with E-state index < -0.39 is 36.7 Å². The highest BCUT2D eigenvalue weighted by molar-refractivity contribution is 4.89. The van der Waals surface area contributed by atoms with Crippen LogP contribution in [0.15, 0.2) is 12.3 Å². The molecule has 0 amide bonds. The van der Waals surface area contributed by atoms with Crippen LogP contribution in [-0.4, -0.2) is 24.4 Å². The molecule has 0 bridgehead atoms. The normalized spacial score (nSPS) is 15.4. The van der Waals surface area contributed by atoms with E-state index in [0.717, 1.165) is 0 Å². The molecule has 0 aliphatic carbocycles. The van der Waals surface area contributed by atoms with Gasteiger partial charge in [-0.2, -0.15) is 43.9 Å². The summed E-state index contributed by atoms with van der Waals surface area (Å²) >= 11 is 0. The molecule has 0 rings (SSSR count). The van der Waals surface area contributed by atoms with Gasteiger partial charge in [-0.3, -0.25) is 0 Å². The van der Waals surface area contributed by atoms with Crippen molar-refractivity contribution in [3.05, 3.63) is 12.3 Å². The molecule has 0 aliphatic rings. The van der Waals surface area contributed by atoms with Gasteiger partial charge in [0, 0.05) is 0 Å². The number of halogens is 10. The maximum atomic E-state index is 12.2. The van der Waals surface area contributed by atoms with Crippen molar-refractivity contribution in [3.63, 3.8) is 0 Å². The van der Waals surface area contributed by atoms with E-state index in [1.807, 2.05) is 0 Å². The Balaban J connectivity index is 4.87. The fourth-order valence-electron chi connectivity index (χ4n) is 0.436. The molecule has 0 aromatic carbocycles. The highest BCUT2D eigenvalue weighted by Crippen LogP contribution is 2.47. The first-order chi connectivity index (χ1) is 7.21. The van der Waals surface area contributed by atoms with Crippen LogP contribution in [-0.2, 0) is 4.74 Å². The van der Waals surface area contributed by atoms with Crippen LogP contribution in [0.1, 0.15) is 0 Å². The Morgan fingerprint density at radius 2 is 1.12 bits per heavy atom. The summed E-state index contributed by atoms with van der Waals surface area (Å²) < 4.78 is 119. The minimum atomic E-state index is -6.66. The first-order valence-electron chi connectivity index (χ1n) is 3.45. The van der Waals surface area contributed by atoms with E-state index in [4.69, 9.17) is 0 Å². The van der Waals surface area contributed by atoms with E-state index in [0.29, 0.717) is 0 Å². The van der Waals surface area contributed by atoms with Gasteiger partial charge in [-0.05, 0) is 0 Å². The summed E-state index contributed by atoms with van der Waals surface area (Å²) in [5.41, 5.74) is 0. The lowest BCUT2D eigenvalue weighted by molar-refractivity contribution is -0.413. The first kappa shape index (κ1) is 15.8. The third-order valence-electron chi connectivity index (χ3n) is 1.19. The fourth-order valence-corrected chi connectivity index (χ4v) is 0.436. The molecule has 0 aromatic rings. The number of hydrogen-bond acceptors (Lipinski definition) is 1. The molecule has 1 nitrogen and oxygen atoms in total. The minimum Gasteiger partial charge on any atom is -0.436 e. The zero-order valence-electron chi connectivity index (χ0n) is 7.34. The molecular weight excluding hydrogens is 278 g/mol. The summed E-state index contributed by atoms with van der Waals surface area (Å²) in [5.74, 6) is -6.62. The maximum Gasteiger partial charge on any atom is 0.473 e. The highest BCUT2D eigenvalue weighted by Gasteiger charge is 2.75. The number of rotatable bonds is 3. The summed E-state index contributed by atoms with van der Waals surface area (Å²) in [6.07, 6.45) is -20.0. The van der Waals surface area contributed by atoms with Gasteiger partial charge in [0.2, 0.25) is 0 Å². The van der Waals surface area contributed by atoms with Gasteiger partial charge in [-0.25, -0.2) is 0 Å². The number of allylic oxidation sites excluding steroid dienone is 1. The van der Waals surface area contributed by atoms with Crippen LogP contribution in [0.25, 0.3) is 0 Å². The first-order valence-corrected chi connectivity index (χ1v) is 3.45. The molecule has 0 N–H and O–H groups in total. The number of alkyl halides is 10. The third kappa shape index (κ3) is 3.97. The molecule has 0 radical (unpaired) electrons. The van der Waals surface area contributed by atoms with E-state index in [9.17, 15) is 43.9 Å². The SMILES string of the molecule is FC(F)(F)C=COC(F)(F)C(F)(F)C(F)(F)F. The van der Waals surface area contributed by atoms with Gasteiger partial charge in [0.1, 0.15) is 0 Å². The monoisotopic (exact) mass is 280 g/mol. The molecule has 0 unspecified atom stereocenters. The molecule has 0 saturated heterocycles. The molecule has 0 atom stereocenters. The van der Waals surface area contributed by atoms with Crippen LogP contribution in [0.3, 0.4) is 0 Å². The fraction of sp³-hybridized carbons (Fsp3) is 0.667. The van der Waals surface area contributed by atoms with Crippen LogP contribution in [0.2, 0.25) is 0 Å². The Labute approximate surface area is 86.6 Å². The predicted molar refractivity (Wildman–Crippen MR) is 32.2 cm³/mol. The zero-order chi connectivity index (χ0) is 14.1. The molecule has 0 fully saturated rings. The van der Waals surface area contributed by atoms with E-state index in [1.165, 1.54) is 0 Å². The van der Waals surface area contributed by atoms with Crippen molar-refractivity contribution in [2.75, 3.05) is 0 Å². The summed E-state index contributed by atoms with van der Waals surface area (Å²) in [4.78, 5) is 0. The molecule has 0 spiro atoms. The standard InChI is InChI=1S/C6H2F10O/c7-3(8,9)1-2-17-6(15,16)4(10,11)5(12,13)14/h1-2H. The van der Waals surface area contributed by atoms with Crippen LogP contribution >= 0.6 is 0 Å². The van der Waals surface area contributed by atoms with Gasteiger partial charge in [-0.15, -0.1) is 0 Å². The van der Waals surface area contributed by atoms with Crippen LogP contribution in [0.4, 0.5) is 43.9 Å². The average Bonchev–Trinajstić information content (AvgIpc) is 1.98. The second-order valence-corrected chi connectivity index (χ2v) is 2.55. The van der Waals surface area contributed by atoms with Crippen molar-refractivity contribution in [1.29, 1.82) is 0 Å². The predicted octanol–water partition coefficient (Wildman–Crippen LogP) is 3.87. The molecule has 0 aliphatic heterocycles. The second-order valence-electron chi connectivity index (χ2n) is 2.55. The Morgan fingerprint density at radius 1 is 0.706 bits per heavy atom. The van der Waals surface area contributed by atoms with Crippen molar-refractivity contribution in [3.8, 4) is 0 Å². The molecular formula is C6H2F10O. The minimum absolute atomic E-state index is 0.986. The topological polar surface area (TPSA) is 9.23 Å². The third-order valence-corrected chi connectivity index (χ3v) is 1.19. The number of ether oxygens (including phenoxy) is 1. The van der Waals surface area contributed by atoms with Gasteiger partial charge in [0.05, 0.1) is 12.3 Å². The summed E-state index contributed by atoms with van der Waals surface area (Å²) in [7, 11) is 0. The van der Waals surface area contributed by atoms with Crippen molar-refractivity contribution in [2.24, 2.45) is 0 Å². The molecule has 0 heterocycles. The van der Waals surface area contributed by atoms with E-state index >= 15 is 0 Å². The van der Waals surface area contributed by atoms with Crippen LogP contribution < -0.4 is 0 Å². The maximum absolute atomic E-state index is 12.2. The molecule has 11 heteroatoms. The quantitative estimate of drug-likeness (QED) is 0.563. The lowest BCUT2D eigenvalue weighted by Crippen LogP contribution is -2.52. The lowest BCUT2D eigenvalue weighted by Gasteiger charge is -2.26. The van der Waals surface area contributed by atoms with Gasteiger partial charge in [0.25, 0.3) is 0 Å². The van der Waals surface area contributed by atoms with Gasteiger partial charge < -0.3 is 4.74 Å². The van der Waals surface area contributed by atoms with Crippen molar-refractivity contribution in [1.82, 2.24) is 0 Å². The Morgan fingerprint density at radius 3 is 1.41 bits per heavy atom. The molecule has 102 valence electrons. The van der Waals surface area contributed by atoms with Gasteiger partial charge in [-0.1, -0.05) is 0 Å². The Kier molecular flexibility index (Phi) is 3.97. The highest BCUT2D eigenvalue weighted by atomic mass is 19.4. The number of hydrogen-bond donors (Lipinski definition) is 0. The van der Waals surface area contributed by atoms with E-state index in [2.05, 4.69) is 4.74 Å². The summed E-state index contributed by atoms with van der Waals surface area (Å²) in [6, 6.07) is 0. The van der Waals surface area contributed by atoms with Crippen molar-refractivity contribution in [2.45, 2.75) is 24.4 Å². The Bertz CT molecular complexity index is 284. The van der Waals surface area contributed by atoms with E-state index in [-0.39, 0.29) is 0 Å². The molecule has 17 heavy (non-hydrogen) atoms. The van der Waals surface area contributed by atoms with Crippen LogP contribution in [0.5, 0.6) is 0 Å². The Hall–Kier alpha value is -1.16. The van der Waals surface area contributed by atoms with Crippen molar-refractivity contribution < 1.29 is 48.6 Å². The molecule has 0 saturated carbocycles. The summed E-state index contributed by atoms with van der Waals surface area (Å²) in [5, 5.41) is 0. The molecule has 0 aromatic heterocycles. The lowest BCUT2D eigenvalue weighted by atomic mass is 10.3. The smallest absolute Gasteiger partial charge is 0.436 e. The van der Waals surface area contributed by atoms with E-state index in [1.54, 1.807) is 0 Å². The van der Waals surface area contributed by atoms with Crippen LogP contribution in [0, 0.1) is 0 Å². The van der Waals surface area contributed by atoms with Crippen molar-refractivity contribution >= 4 is 0 Å².